The van der Waals surface area contributed by atoms with Crippen LogP contribution in [0.3, 0.4) is 0 Å². The number of thiophene rings is 1. The van der Waals surface area contributed by atoms with Crippen LogP contribution >= 0.6 is 27.3 Å². The van der Waals surface area contributed by atoms with Gasteiger partial charge in [-0.2, -0.15) is 0 Å². The van der Waals surface area contributed by atoms with Crippen molar-refractivity contribution in [1.29, 1.82) is 0 Å². The number of rotatable bonds is 2. The molecule has 78 valence electrons. The highest BCUT2D eigenvalue weighted by atomic mass is 79.9. The van der Waals surface area contributed by atoms with E-state index in [4.69, 9.17) is 4.74 Å². The second-order valence-electron chi connectivity index (χ2n) is 3.74. The van der Waals surface area contributed by atoms with Crippen molar-refractivity contribution >= 4 is 27.3 Å². The maximum absolute atomic E-state index is 5.82. The zero-order chi connectivity index (χ0) is 10.1. The largest absolute Gasteiger partial charge is 0.373 e. The van der Waals surface area contributed by atoms with Gasteiger partial charge in [0.2, 0.25) is 0 Å². The van der Waals surface area contributed by atoms with Crippen molar-refractivity contribution in [2.24, 2.45) is 0 Å². The highest BCUT2D eigenvalue weighted by Crippen LogP contribution is 2.41. The van der Waals surface area contributed by atoms with Gasteiger partial charge in [-0.3, -0.25) is 0 Å². The third-order valence-electron chi connectivity index (χ3n) is 2.73. The zero-order valence-corrected chi connectivity index (χ0v) is 11.0. The maximum Gasteiger partial charge on any atom is 0.0838 e. The molecule has 0 bridgehead atoms. The van der Waals surface area contributed by atoms with E-state index >= 15 is 0 Å². The maximum atomic E-state index is 5.82. The first-order chi connectivity index (χ1) is 6.74. The van der Waals surface area contributed by atoms with Crippen LogP contribution in [0.5, 0.6) is 0 Å². The van der Waals surface area contributed by atoms with Gasteiger partial charge < -0.3 is 4.74 Å². The van der Waals surface area contributed by atoms with Gasteiger partial charge in [-0.15, -0.1) is 11.3 Å². The van der Waals surface area contributed by atoms with Crippen LogP contribution in [0, 0.1) is 6.92 Å². The number of ether oxygens (including phenoxy) is 1. The molecule has 0 aliphatic carbocycles. The predicted octanol–water partition coefficient (Wildman–Crippen LogP) is 4.23. The van der Waals surface area contributed by atoms with Gasteiger partial charge in [-0.25, -0.2) is 0 Å². The molecule has 2 rings (SSSR count). The highest BCUT2D eigenvalue weighted by Gasteiger charge is 2.25. The Labute approximate surface area is 97.6 Å². The lowest BCUT2D eigenvalue weighted by atomic mass is 9.99. The monoisotopic (exact) mass is 274 g/mol. The van der Waals surface area contributed by atoms with Gasteiger partial charge in [0.25, 0.3) is 0 Å². The third-order valence-corrected chi connectivity index (χ3v) is 4.97. The lowest BCUT2D eigenvalue weighted by Gasteiger charge is -2.23. The first-order valence-corrected chi connectivity index (χ1v) is 6.74. The van der Waals surface area contributed by atoms with Crippen molar-refractivity contribution in [1.82, 2.24) is 0 Å². The van der Waals surface area contributed by atoms with Crippen LogP contribution in [-0.4, -0.2) is 6.61 Å². The smallest absolute Gasteiger partial charge is 0.0838 e. The van der Waals surface area contributed by atoms with Gasteiger partial charge in [0, 0.05) is 11.3 Å². The van der Waals surface area contributed by atoms with Crippen molar-refractivity contribution in [2.45, 2.75) is 39.2 Å². The molecular weight excluding hydrogens is 260 g/mol. The molecule has 0 aromatic carbocycles. The molecule has 1 nitrogen and oxygen atoms in total. The SMILES string of the molecule is CCCC1OCCc2sc(Br)c(C)c21. The molecular formula is C11H15BrOS. The van der Waals surface area contributed by atoms with Crippen molar-refractivity contribution in [3.63, 3.8) is 0 Å². The molecule has 1 atom stereocenters. The van der Waals surface area contributed by atoms with Crippen molar-refractivity contribution in [3.05, 3.63) is 19.8 Å². The summed E-state index contributed by atoms with van der Waals surface area (Å²) < 4.78 is 7.11. The lowest BCUT2D eigenvalue weighted by molar-refractivity contribution is 0.0369. The Bertz CT molecular complexity index is 332. The number of fused-ring (bicyclic) bond motifs is 1. The Hall–Kier alpha value is 0.140. The second-order valence-corrected chi connectivity index (χ2v) is 6.16. The van der Waals surface area contributed by atoms with Crippen LogP contribution in [0.2, 0.25) is 0 Å². The number of hydrogen-bond donors (Lipinski definition) is 0. The quantitative estimate of drug-likeness (QED) is 0.784. The van der Waals surface area contributed by atoms with Crippen molar-refractivity contribution in [2.75, 3.05) is 6.61 Å². The van der Waals surface area contributed by atoms with Gasteiger partial charge in [-0.05, 0) is 40.4 Å². The van der Waals surface area contributed by atoms with Crippen LogP contribution < -0.4 is 0 Å². The van der Waals surface area contributed by atoms with Crippen LogP contribution in [0.1, 0.15) is 41.9 Å². The minimum absolute atomic E-state index is 0.353. The summed E-state index contributed by atoms with van der Waals surface area (Å²) in [5.74, 6) is 0. The Balaban J connectivity index is 2.36. The van der Waals surface area contributed by atoms with Crippen molar-refractivity contribution < 1.29 is 4.74 Å². The summed E-state index contributed by atoms with van der Waals surface area (Å²) in [5.41, 5.74) is 2.86. The molecule has 3 heteroatoms. The Morgan fingerprint density at radius 1 is 1.57 bits per heavy atom. The minimum Gasteiger partial charge on any atom is -0.373 e. The van der Waals surface area contributed by atoms with E-state index in [1.807, 2.05) is 11.3 Å². The fraction of sp³-hybridized carbons (Fsp3) is 0.636. The van der Waals surface area contributed by atoms with Gasteiger partial charge in [0.05, 0.1) is 16.5 Å². The van der Waals surface area contributed by atoms with Crippen LogP contribution in [0.15, 0.2) is 3.79 Å². The molecule has 1 aromatic rings. The van der Waals surface area contributed by atoms with E-state index in [0.717, 1.165) is 19.4 Å². The summed E-state index contributed by atoms with van der Waals surface area (Å²) in [7, 11) is 0. The number of hydrogen-bond acceptors (Lipinski definition) is 2. The molecule has 1 aromatic heterocycles. The molecule has 0 radical (unpaired) electrons. The summed E-state index contributed by atoms with van der Waals surface area (Å²) in [6, 6.07) is 0. The molecule has 1 aliphatic heterocycles. The molecule has 0 fully saturated rings. The normalized spacial score (nSPS) is 20.9. The highest BCUT2D eigenvalue weighted by molar-refractivity contribution is 9.11. The summed E-state index contributed by atoms with van der Waals surface area (Å²) in [5, 5.41) is 0. The molecule has 0 saturated heterocycles. The van der Waals surface area contributed by atoms with E-state index < -0.39 is 0 Å². The Kier molecular flexibility index (Phi) is 3.30. The molecule has 0 spiro atoms. The van der Waals surface area contributed by atoms with Gasteiger partial charge in [0.15, 0.2) is 0 Å². The standard InChI is InChI=1S/C11H15BrOS/c1-3-4-8-10-7(2)11(12)14-9(10)5-6-13-8/h8H,3-6H2,1-2H3. The van der Waals surface area contributed by atoms with Gasteiger partial charge in [0.1, 0.15) is 0 Å². The van der Waals surface area contributed by atoms with Crippen LogP contribution in [0.25, 0.3) is 0 Å². The fourth-order valence-corrected chi connectivity index (χ4v) is 3.89. The first kappa shape index (κ1) is 10.7. The average molecular weight is 275 g/mol. The number of halogens is 1. The topological polar surface area (TPSA) is 9.23 Å². The zero-order valence-electron chi connectivity index (χ0n) is 8.60. The van der Waals surface area contributed by atoms with Crippen LogP contribution in [-0.2, 0) is 11.2 Å². The van der Waals surface area contributed by atoms with E-state index in [1.54, 1.807) is 0 Å². The molecule has 1 aliphatic rings. The first-order valence-electron chi connectivity index (χ1n) is 5.13. The van der Waals surface area contributed by atoms with E-state index in [0.29, 0.717) is 6.10 Å². The fourth-order valence-electron chi connectivity index (χ4n) is 2.03. The summed E-state index contributed by atoms with van der Waals surface area (Å²) in [4.78, 5) is 1.53. The lowest BCUT2D eigenvalue weighted by Crippen LogP contribution is -2.14. The Morgan fingerprint density at radius 3 is 3.07 bits per heavy atom. The van der Waals surface area contributed by atoms with Crippen LogP contribution in [0.4, 0.5) is 0 Å². The third kappa shape index (κ3) is 1.77. The van der Waals surface area contributed by atoms with E-state index in [-0.39, 0.29) is 0 Å². The Morgan fingerprint density at radius 2 is 2.36 bits per heavy atom. The summed E-state index contributed by atoms with van der Waals surface area (Å²) in [6.07, 6.45) is 3.78. The van der Waals surface area contributed by atoms with Gasteiger partial charge >= 0.3 is 0 Å². The summed E-state index contributed by atoms with van der Waals surface area (Å²) in [6.45, 7) is 5.30. The molecule has 0 N–H and O–H groups in total. The predicted molar refractivity (Wildman–Crippen MR) is 64.1 cm³/mol. The molecule has 2 heterocycles. The molecule has 0 amide bonds. The van der Waals surface area contributed by atoms with Gasteiger partial charge in [-0.1, -0.05) is 13.3 Å². The summed E-state index contributed by atoms with van der Waals surface area (Å²) >= 11 is 5.50. The molecule has 0 saturated carbocycles. The second kappa shape index (κ2) is 4.33. The molecule has 14 heavy (non-hydrogen) atoms. The average Bonchev–Trinajstić information content (AvgIpc) is 2.45. The minimum atomic E-state index is 0.353. The van der Waals surface area contributed by atoms with E-state index in [1.165, 1.54) is 26.2 Å². The molecule has 1 unspecified atom stereocenters. The van der Waals surface area contributed by atoms with E-state index in [9.17, 15) is 0 Å². The van der Waals surface area contributed by atoms with Crippen molar-refractivity contribution in [3.8, 4) is 0 Å². The van der Waals surface area contributed by atoms with E-state index in [2.05, 4.69) is 29.8 Å².